The number of aryl methyl sites for hydroxylation is 1. The van der Waals surface area contributed by atoms with E-state index in [1.54, 1.807) is 30.5 Å². The van der Waals surface area contributed by atoms with Crippen LogP contribution in [0.3, 0.4) is 0 Å². The van der Waals surface area contributed by atoms with Crippen LogP contribution in [0.5, 0.6) is 5.75 Å². The molecule has 222 valence electrons. The lowest BCUT2D eigenvalue weighted by Crippen LogP contribution is -2.39. The van der Waals surface area contributed by atoms with Crippen LogP contribution in [-0.4, -0.2) is 32.7 Å². The Kier molecular flexibility index (Phi) is 8.19. The first-order valence-electron chi connectivity index (χ1n) is 13.9. The van der Waals surface area contributed by atoms with E-state index in [1.807, 2.05) is 68.7 Å². The number of ether oxygens (including phenoxy) is 2. The maximum absolute atomic E-state index is 14.0. The number of non-ortho nitro benzene ring substituents is 1. The third kappa shape index (κ3) is 5.68. The van der Waals surface area contributed by atoms with Crippen LogP contribution in [0.2, 0.25) is 0 Å². The Morgan fingerprint density at radius 3 is 2.40 bits per heavy atom. The molecule has 2 aromatic carbocycles. The van der Waals surface area contributed by atoms with Crippen molar-refractivity contribution in [3.8, 4) is 11.4 Å². The Bertz CT molecular complexity index is 1930. The molecule has 11 heteroatoms. The van der Waals surface area contributed by atoms with E-state index >= 15 is 0 Å². The molecule has 10 nitrogen and oxygen atoms in total. The molecule has 3 heterocycles. The van der Waals surface area contributed by atoms with E-state index in [-0.39, 0.29) is 24.0 Å². The molecule has 0 unspecified atom stereocenters. The van der Waals surface area contributed by atoms with Crippen LogP contribution >= 0.6 is 11.3 Å². The lowest BCUT2D eigenvalue weighted by atomic mass is 9.96. The van der Waals surface area contributed by atoms with E-state index in [0.717, 1.165) is 28.2 Å². The number of rotatable bonds is 8. The number of fused-ring (bicyclic) bond motifs is 1. The minimum absolute atomic E-state index is 0.00289. The summed E-state index contributed by atoms with van der Waals surface area (Å²) >= 11 is 1.26. The predicted octanol–water partition coefficient (Wildman–Crippen LogP) is 4.90. The van der Waals surface area contributed by atoms with Crippen LogP contribution in [0.4, 0.5) is 5.69 Å². The lowest BCUT2D eigenvalue weighted by molar-refractivity contribution is -0.384. The van der Waals surface area contributed by atoms with Gasteiger partial charge in [0, 0.05) is 29.2 Å². The SMILES string of the molecule is CCOC(=O)C1=C(C)N=c2s/c(=C\c3cc(C)n(-c4ccc([N+](=O)[O-])cc4)c3C)c(=O)n2[C@H]1c1ccc(OC(C)C)cc1. The molecular formula is C32H32N4O6S. The second-order valence-electron chi connectivity index (χ2n) is 10.5. The number of hydrogen-bond acceptors (Lipinski definition) is 8. The number of thiazole rings is 1. The highest BCUT2D eigenvalue weighted by Gasteiger charge is 2.33. The van der Waals surface area contributed by atoms with Gasteiger partial charge in [-0.2, -0.15) is 0 Å². The van der Waals surface area contributed by atoms with Crippen molar-refractivity contribution in [2.24, 2.45) is 4.99 Å². The van der Waals surface area contributed by atoms with E-state index in [0.29, 0.717) is 26.4 Å². The summed E-state index contributed by atoms with van der Waals surface area (Å²) in [6.45, 7) is 11.4. The molecule has 1 aliphatic heterocycles. The van der Waals surface area contributed by atoms with Crippen LogP contribution in [-0.2, 0) is 9.53 Å². The van der Waals surface area contributed by atoms with E-state index < -0.39 is 16.9 Å². The first kappa shape index (κ1) is 29.7. The van der Waals surface area contributed by atoms with Gasteiger partial charge in [-0.1, -0.05) is 23.5 Å². The fraction of sp³-hybridized carbons (Fsp3) is 0.281. The Morgan fingerprint density at radius 2 is 1.79 bits per heavy atom. The van der Waals surface area contributed by atoms with Crippen LogP contribution in [0.1, 0.15) is 56.3 Å². The average Bonchev–Trinajstić information content (AvgIpc) is 3.41. The molecule has 0 saturated heterocycles. The molecule has 4 aromatic rings. The van der Waals surface area contributed by atoms with Gasteiger partial charge in [0.15, 0.2) is 4.80 Å². The van der Waals surface area contributed by atoms with Crippen LogP contribution < -0.4 is 19.6 Å². The summed E-state index contributed by atoms with van der Waals surface area (Å²) in [5.41, 5.74) is 4.68. The van der Waals surface area contributed by atoms with Crippen molar-refractivity contribution in [3.63, 3.8) is 0 Å². The number of allylic oxidation sites excluding steroid dienone is 1. The van der Waals surface area contributed by atoms with Crippen molar-refractivity contribution in [3.05, 3.63) is 118 Å². The highest BCUT2D eigenvalue weighted by molar-refractivity contribution is 7.07. The zero-order valence-corrected chi connectivity index (χ0v) is 25.6. The number of nitro groups is 1. The number of esters is 1. The lowest BCUT2D eigenvalue weighted by Gasteiger charge is -2.25. The molecule has 5 rings (SSSR count). The normalized spacial score (nSPS) is 15.0. The van der Waals surface area contributed by atoms with Gasteiger partial charge in [-0.05, 0) is 89.1 Å². The van der Waals surface area contributed by atoms with Crippen molar-refractivity contribution in [2.75, 3.05) is 6.61 Å². The summed E-state index contributed by atoms with van der Waals surface area (Å²) in [6, 6.07) is 15.0. The third-order valence-electron chi connectivity index (χ3n) is 7.16. The molecule has 2 aromatic heterocycles. The van der Waals surface area contributed by atoms with Crippen molar-refractivity contribution in [1.29, 1.82) is 0 Å². The molecule has 0 aliphatic carbocycles. The summed E-state index contributed by atoms with van der Waals surface area (Å²) in [6.07, 6.45) is 1.83. The number of carbonyl (C=O) groups excluding carboxylic acids is 1. The average molecular weight is 601 g/mol. The van der Waals surface area contributed by atoms with Gasteiger partial charge in [-0.25, -0.2) is 9.79 Å². The number of benzene rings is 2. The maximum Gasteiger partial charge on any atom is 0.338 e. The minimum Gasteiger partial charge on any atom is -0.491 e. The minimum atomic E-state index is -0.724. The van der Waals surface area contributed by atoms with Crippen molar-refractivity contribution < 1.29 is 19.2 Å². The van der Waals surface area contributed by atoms with Gasteiger partial charge in [0.05, 0.1) is 39.5 Å². The molecular weight excluding hydrogens is 568 g/mol. The molecule has 0 N–H and O–H groups in total. The van der Waals surface area contributed by atoms with Gasteiger partial charge < -0.3 is 14.0 Å². The van der Waals surface area contributed by atoms with Gasteiger partial charge >= 0.3 is 5.97 Å². The molecule has 43 heavy (non-hydrogen) atoms. The van der Waals surface area contributed by atoms with Crippen LogP contribution in [0.25, 0.3) is 11.8 Å². The summed E-state index contributed by atoms with van der Waals surface area (Å²) in [4.78, 5) is 43.0. The summed E-state index contributed by atoms with van der Waals surface area (Å²) in [5.74, 6) is 0.171. The third-order valence-corrected chi connectivity index (χ3v) is 8.14. The summed E-state index contributed by atoms with van der Waals surface area (Å²) in [5, 5.41) is 11.1. The van der Waals surface area contributed by atoms with Gasteiger partial charge in [0.1, 0.15) is 5.75 Å². The number of aromatic nitrogens is 2. The Morgan fingerprint density at radius 1 is 1.12 bits per heavy atom. The Balaban J connectivity index is 1.63. The zero-order chi connectivity index (χ0) is 31.0. The monoisotopic (exact) mass is 600 g/mol. The van der Waals surface area contributed by atoms with Gasteiger partial charge in [-0.15, -0.1) is 0 Å². The van der Waals surface area contributed by atoms with Gasteiger partial charge in [0.2, 0.25) is 0 Å². The second-order valence-corrected chi connectivity index (χ2v) is 11.5. The fourth-order valence-electron chi connectivity index (χ4n) is 5.30. The van der Waals surface area contributed by atoms with Crippen molar-refractivity contribution >= 4 is 29.1 Å². The van der Waals surface area contributed by atoms with Gasteiger partial charge in [0.25, 0.3) is 11.2 Å². The molecule has 0 fully saturated rings. The van der Waals surface area contributed by atoms with E-state index in [4.69, 9.17) is 9.47 Å². The maximum atomic E-state index is 14.0. The molecule has 0 saturated carbocycles. The quantitative estimate of drug-likeness (QED) is 0.161. The van der Waals surface area contributed by atoms with E-state index in [1.165, 1.54) is 23.5 Å². The highest BCUT2D eigenvalue weighted by Crippen LogP contribution is 2.32. The fourth-order valence-corrected chi connectivity index (χ4v) is 6.34. The number of carbonyl (C=O) groups is 1. The number of nitrogens with zero attached hydrogens (tertiary/aromatic N) is 4. The molecule has 1 atom stereocenters. The molecule has 0 spiro atoms. The summed E-state index contributed by atoms with van der Waals surface area (Å²) < 4.78 is 15.2. The highest BCUT2D eigenvalue weighted by atomic mass is 32.1. The number of nitro benzene ring substituents is 1. The Hall–Kier alpha value is -4.77. The largest absolute Gasteiger partial charge is 0.491 e. The van der Waals surface area contributed by atoms with Crippen molar-refractivity contribution in [1.82, 2.24) is 9.13 Å². The Labute approximate surface area is 252 Å². The van der Waals surface area contributed by atoms with Crippen molar-refractivity contribution in [2.45, 2.75) is 53.7 Å². The standard InChI is InChI=1S/C32H32N4O6S/c1-7-41-31(38)28-20(5)33-32-35(29(28)22-8-14-26(15-9-22)42-18(2)3)30(37)27(43-32)17-23-16-19(4)34(21(23)6)24-10-12-25(13-11-24)36(39)40/h8-18,29H,7H2,1-6H3/b27-17-/t29-/m0/s1. The van der Waals surface area contributed by atoms with E-state index in [2.05, 4.69) is 4.99 Å². The van der Waals surface area contributed by atoms with E-state index in [9.17, 15) is 19.7 Å². The second kappa shape index (κ2) is 11.8. The van der Waals surface area contributed by atoms with Crippen LogP contribution in [0.15, 0.2) is 75.7 Å². The summed E-state index contributed by atoms with van der Waals surface area (Å²) in [7, 11) is 0. The van der Waals surface area contributed by atoms with Crippen LogP contribution in [0, 0.1) is 24.0 Å². The first-order chi connectivity index (χ1) is 20.5. The topological polar surface area (TPSA) is 118 Å². The molecule has 0 amide bonds. The molecule has 1 aliphatic rings. The smallest absolute Gasteiger partial charge is 0.338 e. The van der Waals surface area contributed by atoms with Gasteiger partial charge in [-0.3, -0.25) is 19.5 Å². The molecule has 0 bridgehead atoms. The first-order valence-corrected chi connectivity index (χ1v) is 14.7. The predicted molar refractivity (Wildman–Crippen MR) is 165 cm³/mol. The molecule has 0 radical (unpaired) electrons. The number of hydrogen-bond donors (Lipinski definition) is 0. The zero-order valence-electron chi connectivity index (χ0n) is 24.8.